The summed E-state index contributed by atoms with van der Waals surface area (Å²) in [5.41, 5.74) is 1.61. The van der Waals surface area contributed by atoms with Crippen LogP contribution in [0.3, 0.4) is 0 Å². The summed E-state index contributed by atoms with van der Waals surface area (Å²) >= 11 is 1.53. The van der Waals surface area contributed by atoms with Crippen molar-refractivity contribution in [3.63, 3.8) is 0 Å². The molecule has 0 bridgehead atoms. The zero-order valence-corrected chi connectivity index (χ0v) is 17.6. The second-order valence-electron chi connectivity index (χ2n) is 8.48. The number of rotatable bonds is 6. The van der Waals surface area contributed by atoms with Gasteiger partial charge in [-0.2, -0.15) is 0 Å². The highest BCUT2D eigenvalue weighted by atomic mass is 32.1. The van der Waals surface area contributed by atoms with Crippen LogP contribution in [0.5, 0.6) is 0 Å². The third-order valence-corrected chi connectivity index (χ3v) is 6.13. The Hall–Kier alpha value is -1.79. The van der Waals surface area contributed by atoms with Gasteiger partial charge in [0.05, 0.1) is 17.8 Å². The number of carbonyl (C=O) groups is 1. The lowest BCUT2D eigenvalue weighted by atomic mass is 9.88. The van der Waals surface area contributed by atoms with E-state index in [2.05, 4.69) is 47.9 Å². The first-order valence-electron chi connectivity index (χ1n) is 9.71. The number of carbonyl (C=O) groups excluding carboxylic acids is 1. The molecule has 1 N–H and O–H groups in total. The summed E-state index contributed by atoms with van der Waals surface area (Å²) < 4.78 is 0. The number of aromatic nitrogens is 2. The number of nitrogens with zero attached hydrogens (tertiary/aromatic N) is 3. The molecule has 2 aromatic rings. The van der Waals surface area contributed by atoms with Crippen LogP contribution in [0, 0.1) is 11.8 Å². The van der Waals surface area contributed by atoms with Gasteiger partial charge in [0, 0.05) is 36.8 Å². The Labute approximate surface area is 166 Å². The molecule has 5 nitrogen and oxygen atoms in total. The first-order valence-corrected chi connectivity index (χ1v) is 10.6. The van der Waals surface area contributed by atoms with Crippen LogP contribution in [0.1, 0.15) is 39.8 Å². The first-order chi connectivity index (χ1) is 12.8. The van der Waals surface area contributed by atoms with Crippen molar-refractivity contribution in [2.24, 2.45) is 11.8 Å². The molecule has 0 spiro atoms. The highest BCUT2D eigenvalue weighted by Crippen LogP contribution is 2.27. The third-order valence-electron chi connectivity index (χ3n) is 5.22. The maximum absolute atomic E-state index is 12.4. The number of nitrogens with one attached hydrogen (secondary N) is 1. The number of amides is 1. The Morgan fingerprint density at radius 2 is 2.04 bits per heavy atom. The van der Waals surface area contributed by atoms with Gasteiger partial charge in [0.1, 0.15) is 5.01 Å². The van der Waals surface area contributed by atoms with Crippen molar-refractivity contribution < 1.29 is 4.79 Å². The lowest BCUT2D eigenvalue weighted by molar-refractivity contribution is -0.121. The van der Waals surface area contributed by atoms with E-state index in [0.717, 1.165) is 29.5 Å². The normalized spacial score (nSPS) is 21.2. The Morgan fingerprint density at radius 1 is 1.30 bits per heavy atom. The highest BCUT2D eigenvalue weighted by Gasteiger charge is 2.32. The molecule has 0 saturated carbocycles. The second kappa shape index (κ2) is 8.48. The molecule has 0 aromatic carbocycles. The summed E-state index contributed by atoms with van der Waals surface area (Å²) in [5.74, 6) is 1.45. The van der Waals surface area contributed by atoms with E-state index in [1.54, 1.807) is 6.20 Å². The molecule has 27 heavy (non-hydrogen) atoms. The van der Waals surface area contributed by atoms with Gasteiger partial charge in [-0.05, 0) is 44.2 Å². The van der Waals surface area contributed by atoms with Crippen molar-refractivity contribution in [3.05, 3.63) is 35.5 Å². The SMILES string of the molecule is CC1CC(C)CN(C(C)(C)CNC(=O)Cc2csc(-c3ccccn3)n2)C1. The van der Waals surface area contributed by atoms with Crippen LogP contribution in [0.25, 0.3) is 10.7 Å². The monoisotopic (exact) mass is 386 g/mol. The minimum atomic E-state index is -0.0419. The molecule has 1 saturated heterocycles. The van der Waals surface area contributed by atoms with Gasteiger partial charge >= 0.3 is 0 Å². The number of pyridine rings is 1. The van der Waals surface area contributed by atoms with Gasteiger partial charge in [-0.1, -0.05) is 19.9 Å². The molecule has 1 fully saturated rings. The van der Waals surface area contributed by atoms with Crippen LogP contribution >= 0.6 is 11.3 Å². The molecular weight excluding hydrogens is 356 g/mol. The molecule has 1 aliphatic rings. The standard InChI is InChI=1S/C21H30N4OS/c1-15-9-16(2)12-25(11-15)21(3,4)14-23-19(26)10-17-13-27-20(24-17)18-7-5-6-8-22-18/h5-8,13,15-16H,9-12,14H2,1-4H3,(H,23,26). The van der Waals surface area contributed by atoms with Gasteiger partial charge in [-0.3, -0.25) is 14.7 Å². The van der Waals surface area contributed by atoms with Gasteiger partial charge in [-0.15, -0.1) is 11.3 Å². The molecule has 0 aliphatic carbocycles. The summed E-state index contributed by atoms with van der Waals surface area (Å²) in [6.07, 6.45) is 3.36. The smallest absolute Gasteiger partial charge is 0.226 e. The van der Waals surface area contributed by atoms with Crippen LogP contribution in [0.4, 0.5) is 0 Å². The second-order valence-corrected chi connectivity index (χ2v) is 9.33. The fourth-order valence-corrected chi connectivity index (χ4v) is 4.60. The van der Waals surface area contributed by atoms with E-state index in [-0.39, 0.29) is 11.4 Å². The van der Waals surface area contributed by atoms with E-state index in [1.807, 2.05) is 23.6 Å². The van der Waals surface area contributed by atoms with Crippen LogP contribution in [-0.2, 0) is 11.2 Å². The Bertz CT molecular complexity index is 749. The van der Waals surface area contributed by atoms with Crippen molar-refractivity contribution in [1.82, 2.24) is 20.2 Å². The van der Waals surface area contributed by atoms with Crippen molar-refractivity contribution in [1.29, 1.82) is 0 Å². The van der Waals surface area contributed by atoms with E-state index in [9.17, 15) is 4.79 Å². The molecule has 2 aromatic heterocycles. The van der Waals surface area contributed by atoms with Gasteiger partial charge < -0.3 is 5.32 Å². The van der Waals surface area contributed by atoms with Gasteiger partial charge in [-0.25, -0.2) is 4.98 Å². The summed E-state index contributed by atoms with van der Waals surface area (Å²) in [6.45, 7) is 11.9. The predicted octanol–water partition coefficient (Wildman–Crippen LogP) is 3.62. The highest BCUT2D eigenvalue weighted by molar-refractivity contribution is 7.13. The number of hydrogen-bond acceptors (Lipinski definition) is 5. The molecule has 146 valence electrons. The van der Waals surface area contributed by atoms with Crippen molar-refractivity contribution in [2.45, 2.75) is 46.1 Å². The molecule has 0 radical (unpaired) electrons. The predicted molar refractivity (Wildman–Crippen MR) is 111 cm³/mol. The zero-order valence-electron chi connectivity index (χ0n) is 16.7. The van der Waals surface area contributed by atoms with E-state index < -0.39 is 0 Å². The largest absolute Gasteiger partial charge is 0.354 e. The van der Waals surface area contributed by atoms with Crippen LogP contribution in [0.2, 0.25) is 0 Å². The Kier molecular flexibility index (Phi) is 6.27. The average Bonchev–Trinajstić information content (AvgIpc) is 3.08. The third kappa shape index (κ3) is 5.36. The van der Waals surface area contributed by atoms with Crippen molar-refractivity contribution >= 4 is 17.2 Å². The fourth-order valence-electron chi connectivity index (χ4n) is 3.81. The maximum atomic E-state index is 12.4. The van der Waals surface area contributed by atoms with Gasteiger partial charge in [0.25, 0.3) is 0 Å². The van der Waals surface area contributed by atoms with Crippen LogP contribution in [0.15, 0.2) is 29.8 Å². The quantitative estimate of drug-likeness (QED) is 0.824. The molecule has 3 heterocycles. The minimum Gasteiger partial charge on any atom is -0.354 e. The van der Waals surface area contributed by atoms with Crippen molar-refractivity contribution in [3.8, 4) is 10.7 Å². The van der Waals surface area contributed by atoms with Gasteiger partial charge in [0.2, 0.25) is 5.91 Å². The van der Waals surface area contributed by atoms with E-state index >= 15 is 0 Å². The molecule has 6 heteroatoms. The lowest BCUT2D eigenvalue weighted by Gasteiger charge is -2.45. The molecule has 2 atom stereocenters. The summed E-state index contributed by atoms with van der Waals surface area (Å²) in [5, 5.41) is 5.92. The molecule has 2 unspecified atom stereocenters. The number of piperidine rings is 1. The van der Waals surface area contributed by atoms with Crippen LogP contribution in [-0.4, -0.2) is 45.9 Å². The summed E-state index contributed by atoms with van der Waals surface area (Å²) in [4.78, 5) is 23.8. The summed E-state index contributed by atoms with van der Waals surface area (Å²) in [6, 6.07) is 5.77. The van der Waals surface area contributed by atoms with Crippen LogP contribution < -0.4 is 5.32 Å². The van der Waals surface area contributed by atoms with E-state index in [1.165, 1.54) is 17.8 Å². The summed E-state index contributed by atoms with van der Waals surface area (Å²) in [7, 11) is 0. The zero-order chi connectivity index (χ0) is 19.4. The molecule has 3 rings (SSSR count). The maximum Gasteiger partial charge on any atom is 0.226 e. The first kappa shape index (κ1) is 20.0. The molecule has 1 aliphatic heterocycles. The lowest BCUT2D eigenvalue weighted by Crippen LogP contribution is -2.56. The minimum absolute atomic E-state index is 0.0269. The number of thiazole rings is 1. The number of hydrogen-bond donors (Lipinski definition) is 1. The van der Waals surface area contributed by atoms with Gasteiger partial charge in [0.15, 0.2) is 0 Å². The molecular formula is C21H30N4OS. The van der Waals surface area contributed by atoms with Crippen molar-refractivity contribution in [2.75, 3.05) is 19.6 Å². The molecule has 1 amide bonds. The van der Waals surface area contributed by atoms with E-state index in [4.69, 9.17) is 0 Å². The van der Waals surface area contributed by atoms with E-state index in [0.29, 0.717) is 24.8 Å². The average molecular weight is 387 g/mol. The Morgan fingerprint density at radius 3 is 2.70 bits per heavy atom. The topological polar surface area (TPSA) is 58.1 Å². The number of likely N-dealkylation sites (tertiary alicyclic amines) is 1. The fraction of sp³-hybridized carbons (Fsp3) is 0.571. The Balaban J connectivity index is 1.53.